The Morgan fingerprint density at radius 1 is 1.08 bits per heavy atom. The Bertz CT molecular complexity index is 1060. The third-order valence-electron chi connectivity index (χ3n) is 3.82. The Hall–Kier alpha value is -3.06. The fraction of sp³-hybridized carbons (Fsp3) is 0.111. The van der Waals surface area contributed by atoms with Crippen LogP contribution in [0.5, 0.6) is 0 Å². The van der Waals surface area contributed by atoms with Crippen LogP contribution in [0.3, 0.4) is 0 Å². The quantitative estimate of drug-likeness (QED) is 0.612. The molecule has 2 aromatic heterocycles. The number of aromatic nitrogens is 4. The molecule has 124 valence electrons. The minimum Gasteiger partial charge on any atom is -0.322 e. The summed E-state index contributed by atoms with van der Waals surface area (Å²) in [4.78, 5) is 13.1. The third-order valence-corrected chi connectivity index (χ3v) is 4.76. The summed E-state index contributed by atoms with van der Waals surface area (Å²) in [5.41, 5.74) is 3.42. The molecule has 6 nitrogen and oxygen atoms in total. The molecule has 25 heavy (non-hydrogen) atoms. The van der Waals surface area contributed by atoms with Crippen molar-refractivity contribution in [2.45, 2.75) is 13.8 Å². The van der Waals surface area contributed by atoms with E-state index in [1.54, 1.807) is 10.6 Å². The van der Waals surface area contributed by atoms with Crippen molar-refractivity contribution in [2.75, 3.05) is 5.32 Å². The highest BCUT2D eigenvalue weighted by molar-refractivity contribution is 7.19. The van der Waals surface area contributed by atoms with Gasteiger partial charge in [-0.25, -0.2) is 0 Å². The average Bonchev–Trinajstić information content (AvgIpc) is 3.18. The van der Waals surface area contributed by atoms with Crippen molar-refractivity contribution in [3.05, 3.63) is 65.5 Å². The van der Waals surface area contributed by atoms with Crippen LogP contribution in [0.15, 0.2) is 48.5 Å². The van der Waals surface area contributed by atoms with E-state index in [1.807, 2.05) is 56.3 Å². The van der Waals surface area contributed by atoms with Crippen LogP contribution in [0.4, 0.5) is 5.69 Å². The van der Waals surface area contributed by atoms with E-state index in [4.69, 9.17) is 0 Å². The monoisotopic (exact) mass is 349 g/mol. The van der Waals surface area contributed by atoms with E-state index < -0.39 is 0 Å². The van der Waals surface area contributed by atoms with E-state index in [1.165, 1.54) is 11.3 Å². The first-order valence-electron chi connectivity index (χ1n) is 7.77. The van der Waals surface area contributed by atoms with Crippen molar-refractivity contribution < 1.29 is 4.79 Å². The fourth-order valence-electron chi connectivity index (χ4n) is 2.52. The van der Waals surface area contributed by atoms with Gasteiger partial charge in [-0.15, -0.1) is 10.2 Å². The molecule has 0 unspecified atom stereocenters. The van der Waals surface area contributed by atoms with Crippen molar-refractivity contribution in [2.24, 2.45) is 0 Å². The summed E-state index contributed by atoms with van der Waals surface area (Å²) < 4.78 is 1.73. The number of rotatable bonds is 3. The highest BCUT2D eigenvalue weighted by atomic mass is 32.1. The molecule has 0 aliphatic rings. The van der Waals surface area contributed by atoms with Gasteiger partial charge in [0, 0.05) is 16.8 Å². The maximum absolute atomic E-state index is 12.3. The van der Waals surface area contributed by atoms with E-state index in [0.29, 0.717) is 5.56 Å². The lowest BCUT2D eigenvalue weighted by molar-refractivity contribution is 0.102. The number of amides is 1. The number of anilines is 1. The Balaban J connectivity index is 1.54. The normalized spacial score (nSPS) is 11.0. The van der Waals surface area contributed by atoms with Gasteiger partial charge in [0.05, 0.1) is 0 Å². The minimum absolute atomic E-state index is 0.120. The molecule has 1 N–H and O–H groups in total. The maximum Gasteiger partial charge on any atom is 0.255 e. The molecule has 0 aliphatic carbocycles. The largest absolute Gasteiger partial charge is 0.322 e. The number of carbonyl (C=O) groups is 1. The summed E-state index contributed by atoms with van der Waals surface area (Å²) in [7, 11) is 0. The van der Waals surface area contributed by atoms with E-state index in [-0.39, 0.29) is 5.91 Å². The Morgan fingerprint density at radius 2 is 1.88 bits per heavy atom. The van der Waals surface area contributed by atoms with Gasteiger partial charge in [-0.2, -0.15) is 9.61 Å². The highest BCUT2D eigenvalue weighted by Gasteiger charge is 2.11. The predicted octanol–water partition coefficient (Wildman–Crippen LogP) is 3.72. The van der Waals surface area contributed by atoms with Gasteiger partial charge in [0.15, 0.2) is 5.82 Å². The number of hydrogen-bond donors (Lipinski definition) is 1. The lowest BCUT2D eigenvalue weighted by Crippen LogP contribution is -2.11. The third kappa shape index (κ3) is 3.01. The number of benzene rings is 2. The molecule has 0 aliphatic heterocycles. The van der Waals surface area contributed by atoms with E-state index in [2.05, 4.69) is 20.6 Å². The van der Waals surface area contributed by atoms with Crippen LogP contribution in [0.25, 0.3) is 15.5 Å². The molecule has 0 atom stereocenters. The van der Waals surface area contributed by atoms with Gasteiger partial charge in [-0.3, -0.25) is 4.79 Å². The molecule has 2 aromatic carbocycles. The summed E-state index contributed by atoms with van der Waals surface area (Å²) in [6.45, 7) is 3.83. The molecule has 0 fully saturated rings. The fourth-order valence-corrected chi connectivity index (χ4v) is 3.41. The van der Waals surface area contributed by atoms with Gasteiger partial charge in [0.1, 0.15) is 5.01 Å². The summed E-state index contributed by atoms with van der Waals surface area (Å²) in [5.74, 6) is 0.644. The molecule has 4 aromatic rings. The van der Waals surface area contributed by atoms with Crippen LogP contribution in [-0.2, 0) is 0 Å². The van der Waals surface area contributed by atoms with E-state index in [9.17, 15) is 4.79 Å². The van der Waals surface area contributed by atoms with Crippen LogP contribution in [-0.4, -0.2) is 25.7 Å². The predicted molar refractivity (Wildman–Crippen MR) is 98.0 cm³/mol. The zero-order chi connectivity index (χ0) is 17.4. The van der Waals surface area contributed by atoms with Crippen LogP contribution in [0.2, 0.25) is 0 Å². The summed E-state index contributed by atoms with van der Waals surface area (Å²) >= 11 is 1.48. The van der Waals surface area contributed by atoms with Gasteiger partial charge < -0.3 is 5.32 Å². The Morgan fingerprint density at radius 3 is 2.60 bits per heavy atom. The first-order valence-corrected chi connectivity index (χ1v) is 8.59. The topological polar surface area (TPSA) is 72.2 Å². The second-order valence-electron chi connectivity index (χ2n) is 5.75. The number of fused-ring (bicyclic) bond motifs is 1. The minimum atomic E-state index is -0.120. The Kier molecular flexibility index (Phi) is 3.77. The number of nitrogens with zero attached hydrogens (tertiary/aromatic N) is 4. The molecule has 0 bridgehead atoms. The summed E-state index contributed by atoms with van der Waals surface area (Å²) in [5, 5.41) is 16.3. The SMILES string of the molecule is Cc1cccc(C(=O)Nc2ccc(-c3nn4c(C)nnc4s3)cc2)c1. The molecule has 0 saturated heterocycles. The van der Waals surface area contributed by atoms with Crippen LogP contribution >= 0.6 is 11.3 Å². The first kappa shape index (κ1) is 15.5. The maximum atomic E-state index is 12.3. The molecule has 0 spiro atoms. The first-order chi connectivity index (χ1) is 12.1. The van der Waals surface area contributed by atoms with E-state index >= 15 is 0 Å². The standard InChI is InChI=1S/C18H15N5OS/c1-11-4-3-5-14(10-11)16(24)19-15-8-6-13(7-9-15)17-22-23-12(2)20-21-18(23)25-17/h3-10H,1-2H3,(H,19,24). The molecule has 4 rings (SSSR count). The average molecular weight is 349 g/mol. The molecule has 7 heteroatoms. The highest BCUT2D eigenvalue weighted by Crippen LogP contribution is 2.26. The van der Waals surface area contributed by atoms with Crippen molar-refractivity contribution >= 4 is 27.9 Å². The lowest BCUT2D eigenvalue weighted by atomic mass is 10.1. The zero-order valence-electron chi connectivity index (χ0n) is 13.7. The van der Waals surface area contributed by atoms with Gasteiger partial charge >= 0.3 is 0 Å². The van der Waals surface area contributed by atoms with Crippen LogP contribution < -0.4 is 5.32 Å². The second kappa shape index (κ2) is 6.10. The number of hydrogen-bond acceptors (Lipinski definition) is 5. The lowest BCUT2D eigenvalue weighted by Gasteiger charge is -2.06. The summed E-state index contributed by atoms with van der Waals surface area (Å²) in [6.07, 6.45) is 0. The number of carbonyl (C=O) groups excluding carboxylic acids is 1. The van der Waals surface area contributed by atoms with Crippen LogP contribution in [0, 0.1) is 13.8 Å². The molecular formula is C18H15N5OS. The second-order valence-corrected chi connectivity index (χ2v) is 6.71. The molecule has 0 saturated carbocycles. The van der Waals surface area contributed by atoms with Gasteiger partial charge in [-0.1, -0.05) is 29.0 Å². The number of nitrogens with one attached hydrogen (secondary N) is 1. The van der Waals surface area contributed by atoms with Gasteiger partial charge in [0.25, 0.3) is 5.91 Å². The van der Waals surface area contributed by atoms with Crippen molar-refractivity contribution in [1.29, 1.82) is 0 Å². The van der Waals surface area contributed by atoms with Gasteiger partial charge in [0.2, 0.25) is 4.96 Å². The smallest absolute Gasteiger partial charge is 0.255 e. The number of aryl methyl sites for hydroxylation is 2. The van der Waals surface area contributed by atoms with Gasteiger partial charge in [-0.05, 0) is 50.2 Å². The summed E-state index contributed by atoms with van der Waals surface area (Å²) in [6, 6.07) is 15.1. The molecule has 1 amide bonds. The molecule has 2 heterocycles. The van der Waals surface area contributed by atoms with Crippen molar-refractivity contribution in [3.8, 4) is 10.6 Å². The van der Waals surface area contributed by atoms with Crippen molar-refractivity contribution in [3.63, 3.8) is 0 Å². The van der Waals surface area contributed by atoms with Crippen LogP contribution in [0.1, 0.15) is 21.7 Å². The zero-order valence-corrected chi connectivity index (χ0v) is 14.5. The Labute approximate surface area is 148 Å². The van der Waals surface area contributed by atoms with E-state index in [0.717, 1.165) is 32.6 Å². The molecular weight excluding hydrogens is 334 g/mol. The molecule has 0 radical (unpaired) electrons. The van der Waals surface area contributed by atoms with Crippen molar-refractivity contribution in [1.82, 2.24) is 19.8 Å².